The second kappa shape index (κ2) is 9.19. The fraction of sp³-hybridized carbons (Fsp3) is 0.190. The molecule has 0 bridgehead atoms. The van der Waals surface area contributed by atoms with Crippen LogP contribution in [0.25, 0.3) is 0 Å². The first-order valence-electron chi connectivity index (χ1n) is 8.60. The molecule has 0 aliphatic carbocycles. The molecule has 4 nitrogen and oxygen atoms in total. The van der Waals surface area contributed by atoms with E-state index in [0.717, 1.165) is 10.4 Å². The van der Waals surface area contributed by atoms with E-state index in [1.54, 1.807) is 24.3 Å². The molecule has 0 aliphatic rings. The lowest BCUT2D eigenvalue weighted by molar-refractivity contribution is -0.123. The number of ether oxygens (including phenoxy) is 2. The third kappa shape index (κ3) is 5.08. The maximum atomic E-state index is 13.2. The second-order valence-electron chi connectivity index (χ2n) is 5.74. The minimum Gasteiger partial charge on any atom is -0.490 e. The van der Waals surface area contributed by atoms with Crippen molar-refractivity contribution in [1.82, 2.24) is 5.32 Å². The highest BCUT2D eigenvalue weighted by atomic mass is 32.1. The van der Waals surface area contributed by atoms with Gasteiger partial charge in [0.2, 0.25) is 0 Å². The lowest BCUT2D eigenvalue weighted by Crippen LogP contribution is -2.33. The first kappa shape index (κ1) is 18.9. The van der Waals surface area contributed by atoms with Gasteiger partial charge in [-0.1, -0.05) is 30.3 Å². The summed E-state index contributed by atoms with van der Waals surface area (Å²) in [6, 6.07) is 16.8. The summed E-state index contributed by atoms with van der Waals surface area (Å²) < 4.78 is 24.4. The van der Waals surface area contributed by atoms with Gasteiger partial charge in [0.1, 0.15) is 5.82 Å². The van der Waals surface area contributed by atoms with Crippen molar-refractivity contribution in [2.24, 2.45) is 0 Å². The number of hydrogen-bond acceptors (Lipinski definition) is 4. The molecular weight excluding hydrogens is 365 g/mol. The van der Waals surface area contributed by atoms with Crippen molar-refractivity contribution in [2.75, 3.05) is 13.2 Å². The van der Waals surface area contributed by atoms with Gasteiger partial charge < -0.3 is 14.8 Å². The van der Waals surface area contributed by atoms with Gasteiger partial charge in [-0.3, -0.25) is 4.79 Å². The number of hydrogen-bond donors (Lipinski definition) is 1. The average molecular weight is 385 g/mol. The molecule has 1 atom stereocenters. The third-order valence-corrected chi connectivity index (χ3v) is 4.78. The van der Waals surface area contributed by atoms with Gasteiger partial charge in [-0.2, -0.15) is 0 Å². The number of halogens is 1. The highest BCUT2D eigenvalue weighted by Gasteiger charge is 2.18. The lowest BCUT2D eigenvalue weighted by Gasteiger charge is -2.19. The Balaban J connectivity index is 1.69. The maximum absolute atomic E-state index is 13.2. The van der Waals surface area contributed by atoms with Crippen LogP contribution in [-0.2, 0) is 4.79 Å². The minimum atomic E-state index is -0.358. The molecule has 6 heteroatoms. The van der Waals surface area contributed by atoms with Gasteiger partial charge in [0, 0.05) is 4.88 Å². The zero-order valence-electron chi connectivity index (χ0n) is 14.9. The summed E-state index contributed by atoms with van der Waals surface area (Å²) in [5.74, 6) is 0.528. The number of nitrogens with one attached hydrogen (secondary N) is 1. The molecule has 0 radical (unpaired) electrons. The van der Waals surface area contributed by atoms with Gasteiger partial charge in [0.15, 0.2) is 18.1 Å². The van der Waals surface area contributed by atoms with E-state index in [1.165, 1.54) is 23.5 Å². The van der Waals surface area contributed by atoms with Crippen molar-refractivity contribution < 1.29 is 18.7 Å². The summed E-state index contributed by atoms with van der Waals surface area (Å²) in [6.07, 6.45) is 0. The van der Waals surface area contributed by atoms with Crippen molar-refractivity contribution in [3.8, 4) is 11.5 Å². The molecule has 3 rings (SSSR count). The molecular formula is C21H20FNO3S. The molecule has 0 spiro atoms. The quantitative estimate of drug-likeness (QED) is 0.618. The molecule has 1 N–H and O–H groups in total. The Labute approximate surface area is 161 Å². The predicted molar refractivity (Wildman–Crippen MR) is 104 cm³/mol. The second-order valence-corrected chi connectivity index (χ2v) is 6.72. The van der Waals surface area contributed by atoms with Crippen LogP contribution in [0, 0.1) is 5.82 Å². The van der Waals surface area contributed by atoms with Gasteiger partial charge in [0.25, 0.3) is 5.91 Å². The molecule has 27 heavy (non-hydrogen) atoms. The molecule has 140 valence electrons. The van der Waals surface area contributed by atoms with Crippen LogP contribution < -0.4 is 14.8 Å². The molecule has 0 saturated heterocycles. The van der Waals surface area contributed by atoms with Crippen molar-refractivity contribution in [3.05, 3.63) is 82.3 Å². The average Bonchev–Trinajstić information content (AvgIpc) is 3.21. The van der Waals surface area contributed by atoms with E-state index in [2.05, 4.69) is 5.32 Å². The van der Waals surface area contributed by atoms with Gasteiger partial charge in [-0.25, -0.2) is 4.39 Å². The minimum absolute atomic E-state index is 0.146. The zero-order valence-corrected chi connectivity index (χ0v) is 15.7. The van der Waals surface area contributed by atoms with Gasteiger partial charge in [-0.05, 0) is 48.2 Å². The Kier molecular flexibility index (Phi) is 6.44. The van der Waals surface area contributed by atoms with Crippen LogP contribution in [0.5, 0.6) is 11.5 Å². The Morgan fingerprint density at radius 1 is 1.04 bits per heavy atom. The number of rotatable bonds is 8. The molecule has 3 aromatic rings. The molecule has 2 aromatic carbocycles. The predicted octanol–water partition coefficient (Wildman–Crippen LogP) is 4.57. The number of carbonyl (C=O) groups excluding carboxylic acids is 1. The molecule has 1 aromatic heterocycles. The molecule has 0 fully saturated rings. The number of benzene rings is 2. The summed E-state index contributed by atoms with van der Waals surface area (Å²) >= 11 is 1.53. The van der Waals surface area contributed by atoms with E-state index in [0.29, 0.717) is 18.1 Å². The summed E-state index contributed by atoms with van der Waals surface area (Å²) in [7, 11) is 0. The largest absolute Gasteiger partial charge is 0.490 e. The Hall–Kier alpha value is -2.86. The van der Waals surface area contributed by atoms with E-state index < -0.39 is 0 Å². The van der Waals surface area contributed by atoms with Gasteiger partial charge >= 0.3 is 0 Å². The SMILES string of the molecule is CCOc1ccccc1OCC(=O)NC(c1ccc(F)cc1)c1cccs1. The smallest absolute Gasteiger partial charge is 0.258 e. The first-order chi connectivity index (χ1) is 13.2. The van der Waals surface area contributed by atoms with Crippen LogP contribution in [0.4, 0.5) is 4.39 Å². The summed E-state index contributed by atoms with van der Waals surface area (Å²) in [6.45, 7) is 2.25. The Morgan fingerprint density at radius 2 is 1.74 bits per heavy atom. The normalized spacial score (nSPS) is 11.6. The van der Waals surface area contributed by atoms with Crippen LogP contribution in [0.3, 0.4) is 0 Å². The van der Waals surface area contributed by atoms with Gasteiger partial charge in [-0.15, -0.1) is 11.3 Å². The fourth-order valence-electron chi connectivity index (χ4n) is 2.62. The van der Waals surface area contributed by atoms with E-state index in [1.807, 2.05) is 36.6 Å². The molecule has 0 aliphatic heterocycles. The number of carbonyl (C=O) groups is 1. The summed E-state index contributed by atoms with van der Waals surface area (Å²) in [5, 5.41) is 4.90. The third-order valence-electron chi connectivity index (χ3n) is 3.84. The monoisotopic (exact) mass is 385 g/mol. The zero-order chi connectivity index (χ0) is 19.1. The Bertz CT molecular complexity index is 865. The van der Waals surface area contributed by atoms with Crippen LogP contribution in [0.15, 0.2) is 66.0 Å². The Morgan fingerprint density at radius 3 is 2.37 bits per heavy atom. The van der Waals surface area contributed by atoms with Crippen molar-refractivity contribution in [2.45, 2.75) is 13.0 Å². The van der Waals surface area contributed by atoms with Crippen LogP contribution in [0.2, 0.25) is 0 Å². The van der Waals surface area contributed by atoms with Crippen molar-refractivity contribution in [1.29, 1.82) is 0 Å². The first-order valence-corrected chi connectivity index (χ1v) is 9.48. The van der Waals surface area contributed by atoms with E-state index in [9.17, 15) is 9.18 Å². The van der Waals surface area contributed by atoms with E-state index in [4.69, 9.17) is 9.47 Å². The van der Waals surface area contributed by atoms with Crippen LogP contribution >= 0.6 is 11.3 Å². The topological polar surface area (TPSA) is 47.6 Å². The highest BCUT2D eigenvalue weighted by Crippen LogP contribution is 2.28. The van der Waals surface area contributed by atoms with E-state index >= 15 is 0 Å². The fourth-order valence-corrected chi connectivity index (χ4v) is 3.42. The molecule has 0 saturated carbocycles. The summed E-state index contributed by atoms with van der Waals surface area (Å²) in [4.78, 5) is 13.4. The van der Waals surface area contributed by atoms with E-state index in [-0.39, 0.29) is 24.4 Å². The van der Waals surface area contributed by atoms with Crippen molar-refractivity contribution >= 4 is 17.2 Å². The van der Waals surface area contributed by atoms with Crippen LogP contribution in [0.1, 0.15) is 23.4 Å². The highest BCUT2D eigenvalue weighted by molar-refractivity contribution is 7.10. The maximum Gasteiger partial charge on any atom is 0.258 e. The van der Waals surface area contributed by atoms with Crippen LogP contribution in [-0.4, -0.2) is 19.1 Å². The standard InChI is InChI=1S/C21H20FNO3S/c1-2-25-17-6-3-4-7-18(17)26-14-20(24)23-21(19-8-5-13-27-19)15-9-11-16(22)12-10-15/h3-13,21H,2,14H2,1H3,(H,23,24). The summed E-state index contributed by atoms with van der Waals surface area (Å²) in [5.41, 5.74) is 0.807. The number of amides is 1. The molecule has 1 amide bonds. The number of para-hydroxylation sites is 2. The lowest BCUT2D eigenvalue weighted by atomic mass is 10.1. The molecule has 1 heterocycles. The van der Waals surface area contributed by atoms with Gasteiger partial charge in [0.05, 0.1) is 12.6 Å². The molecule has 1 unspecified atom stereocenters. The van der Waals surface area contributed by atoms with Crippen molar-refractivity contribution in [3.63, 3.8) is 0 Å². The number of thiophene rings is 1.